The number of aryl methyl sites for hydroxylation is 2. The van der Waals surface area contributed by atoms with Gasteiger partial charge in [0.2, 0.25) is 0 Å². The average Bonchev–Trinajstić information content (AvgIpc) is 2.97. The summed E-state index contributed by atoms with van der Waals surface area (Å²) < 4.78 is 11.3. The molecule has 6 heteroatoms. The second-order valence-corrected chi connectivity index (χ2v) is 8.16. The van der Waals surface area contributed by atoms with Crippen molar-refractivity contribution in [2.45, 2.75) is 47.1 Å². The number of ether oxygens (including phenoxy) is 2. The molecule has 0 aromatic heterocycles. The summed E-state index contributed by atoms with van der Waals surface area (Å²) in [5.74, 6) is 0.00947. The topological polar surface area (TPSA) is 67.9 Å². The molecule has 3 rings (SSSR count). The Labute approximate surface area is 190 Å². The summed E-state index contributed by atoms with van der Waals surface area (Å²) in [5, 5.41) is 3.21. The molecule has 0 atom stereocenters. The molecule has 0 saturated carbocycles. The normalized spacial score (nSPS) is 14.0. The summed E-state index contributed by atoms with van der Waals surface area (Å²) in [6, 6.07) is 13.3. The number of hydrogen-bond donors (Lipinski definition) is 1. The SMILES string of the molecule is CCOc1ccccc1NC1=C(c2ccc(C)cc2C)C(=O)N(CCCOC(C)C)C1=O. The van der Waals surface area contributed by atoms with Crippen LogP contribution in [0.2, 0.25) is 0 Å². The lowest BCUT2D eigenvalue weighted by atomic mass is 9.97. The van der Waals surface area contributed by atoms with E-state index >= 15 is 0 Å². The van der Waals surface area contributed by atoms with E-state index in [-0.39, 0.29) is 23.6 Å². The van der Waals surface area contributed by atoms with Crippen LogP contribution < -0.4 is 10.1 Å². The van der Waals surface area contributed by atoms with Crippen LogP contribution in [0.5, 0.6) is 5.75 Å². The maximum Gasteiger partial charge on any atom is 0.278 e. The van der Waals surface area contributed by atoms with E-state index in [1.807, 2.05) is 77.1 Å². The lowest BCUT2D eigenvalue weighted by Gasteiger charge is -2.16. The molecule has 1 N–H and O–H groups in total. The van der Waals surface area contributed by atoms with Crippen LogP contribution in [0.3, 0.4) is 0 Å². The largest absolute Gasteiger partial charge is 0.492 e. The Morgan fingerprint density at radius 1 is 1.03 bits per heavy atom. The van der Waals surface area contributed by atoms with Crippen LogP contribution >= 0.6 is 0 Å². The number of amides is 2. The van der Waals surface area contributed by atoms with Crippen molar-refractivity contribution in [3.05, 3.63) is 64.9 Å². The predicted molar refractivity (Wildman–Crippen MR) is 126 cm³/mol. The van der Waals surface area contributed by atoms with Crippen molar-refractivity contribution >= 4 is 23.1 Å². The zero-order valence-electron chi connectivity index (χ0n) is 19.5. The molecule has 1 heterocycles. The number of hydrogen-bond acceptors (Lipinski definition) is 5. The maximum atomic E-state index is 13.4. The molecule has 0 fully saturated rings. The highest BCUT2D eigenvalue weighted by atomic mass is 16.5. The molecular weight excluding hydrogens is 404 g/mol. The van der Waals surface area contributed by atoms with Crippen molar-refractivity contribution in [2.24, 2.45) is 0 Å². The highest BCUT2D eigenvalue weighted by Gasteiger charge is 2.39. The molecule has 2 aromatic carbocycles. The summed E-state index contributed by atoms with van der Waals surface area (Å²) in [5.41, 5.74) is 4.12. The first-order chi connectivity index (χ1) is 15.3. The number of carbonyl (C=O) groups excluding carboxylic acids is 2. The number of imide groups is 1. The standard InChI is InChI=1S/C26H32N2O4/c1-6-31-22-11-8-7-10-21(22)27-24-23(20-13-12-18(4)16-19(20)5)25(29)28(26(24)30)14-9-15-32-17(2)3/h7-8,10-13,16-17,27H,6,9,14-15H2,1-5H3. The lowest BCUT2D eigenvalue weighted by Crippen LogP contribution is -2.34. The Kier molecular flexibility index (Phi) is 7.70. The first-order valence-electron chi connectivity index (χ1n) is 11.1. The zero-order chi connectivity index (χ0) is 23.3. The van der Waals surface area contributed by atoms with Gasteiger partial charge in [-0.05, 0) is 64.3 Å². The lowest BCUT2D eigenvalue weighted by molar-refractivity contribution is -0.137. The van der Waals surface area contributed by atoms with E-state index in [1.165, 1.54) is 4.90 Å². The Morgan fingerprint density at radius 3 is 2.47 bits per heavy atom. The minimum atomic E-state index is -0.333. The molecule has 0 bridgehead atoms. The van der Waals surface area contributed by atoms with Gasteiger partial charge in [-0.3, -0.25) is 14.5 Å². The van der Waals surface area contributed by atoms with Gasteiger partial charge in [-0.25, -0.2) is 0 Å². The number of benzene rings is 2. The maximum absolute atomic E-state index is 13.4. The summed E-state index contributed by atoms with van der Waals surface area (Å²) in [4.78, 5) is 28.1. The summed E-state index contributed by atoms with van der Waals surface area (Å²) in [6.07, 6.45) is 0.690. The van der Waals surface area contributed by atoms with Crippen molar-refractivity contribution < 1.29 is 19.1 Å². The summed E-state index contributed by atoms with van der Waals surface area (Å²) in [6.45, 7) is 11.1. The molecule has 0 unspecified atom stereocenters. The van der Waals surface area contributed by atoms with E-state index in [1.54, 1.807) is 0 Å². The van der Waals surface area contributed by atoms with Crippen LogP contribution in [0.25, 0.3) is 5.57 Å². The van der Waals surface area contributed by atoms with Gasteiger partial charge in [0.25, 0.3) is 11.8 Å². The van der Waals surface area contributed by atoms with E-state index < -0.39 is 0 Å². The van der Waals surface area contributed by atoms with Gasteiger partial charge in [-0.15, -0.1) is 0 Å². The molecule has 1 aliphatic heterocycles. The molecular formula is C26H32N2O4. The third-order valence-corrected chi connectivity index (χ3v) is 5.24. The fourth-order valence-corrected chi connectivity index (χ4v) is 3.77. The Balaban J connectivity index is 1.98. The fraction of sp³-hybridized carbons (Fsp3) is 0.385. The molecule has 0 saturated heterocycles. The number of nitrogens with zero attached hydrogens (tertiary/aromatic N) is 1. The van der Waals surface area contributed by atoms with Crippen LogP contribution in [0.4, 0.5) is 5.69 Å². The average molecular weight is 437 g/mol. The van der Waals surface area contributed by atoms with E-state index in [9.17, 15) is 9.59 Å². The minimum Gasteiger partial charge on any atom is -0.492 e. The summed E-state index contributed by atoms with van der Waals surface area (Å²) >= 11 is 0. The van der Waals surface area contributed by atoms with Gasteiger partial charge >= 0.3 is 0 Å². The molecule has 2 aromatic rings. The Morgan fingerprint density at radius 2 is 1.78 bits per heavy atom. The molecule has 1 aliphatic rings. The second kappa shape index (κ2) is 10.5. The summed E-state index contributed by atoms with van der Waals surface area (Å²) in [7, 11) is 0. The van der Waals surface area contributed by atoms with Gasteiger partial charge in [0.05, 0.1) is 24.0 Å². The van der Waals surface area contributed by atoms with Crippen LogP contribution in [0, 0.1) is 13.8 Å². The van der Waals surface area contributed by atoms with Gasteiger partial charge in [-0.2, -0.15) is 0 Å². The van der Waals surface area contributed by atoms with Crippen molar-refractivity contribution in [3.63, 3.8) is 0 Å². The number of para-hydroxylation sites is 2. The number of rotatable bonds is 10. The van der Waals surface area contributed by atoms with Crippen molar-refractivity contribution in [2.75, 3.05) is 25.1 Å². The fourth-order valence-electron chi connectivity index (χ4n) is 3.77. The molecule has 0 radical (unpaired) electrons. The van der Waals surface area contributed by atoms with Crippen LogP contribution in [0.15, 0.2) is 48.2 Å². The molecule has 170 valence electrons. The minimum absolute atomic E-state index is 0.108. The van der Waals surface area contributed by atoms with Crippen molar-refractivity contribution in [1.29, 1.82) is 0 Å². The third-order valence-electron chi connectivity index (χ3n) is 5.24. The van der Waals surface area contributed by atoms with E-state index in [0.717, 1.165) is 16.7 Å². The van der Waals surface area contributed by atoms with Gasteiger partial charge in [0.1, 0.15) is 11.4 Å². The number of nitrogens with one attached hydrogen (secondary N) is 1. The van der Waals surface area contributed by atoms with Crippen LogP contribution in [-0.2, 0) is 14.3 Å². The van der Waals surface area contributed by atoms with E-state index in [0.29, 0.717) is 43.2 Å². The monoisotopic (exact) mass is 436 g/mol. The van der Waals surface area contributed by atoms with Crippen LogP contribution in [-0.4, -0.2) is 42.6 Å². The molecule has 6 nitrogen and oxygen atoms in total. The van der Waals surface area contributed by atoms with E-state index in [4.69, 9.17) is 9.47 Å². The second-order valence-electron chi connectivity index (χ2n) is 8.16. The molecule has 0 spiro atoms. The first-order valence-corrected chi connectivity index (χ1v) is 11.1. The number of carbonyl (C=O) groups is 2. The van der Waals surface area contributed by atoms with Crippen molar-refractivity contribution in [1.82, 2.24) is 4.90 Å². The van der Waals surface area contributed by atoms with Gasteiger partial charge in [0, 0.05) is 13.2 Å². The Bertz CT molecular complexity index is 1030. The highest BCUT2D eigenvalue weighted by Crippen LogP contribution is 2.34. The molecule has 32 heavy (non-hydrogen) atoms. The van der Waals surface area contributed by atoms with Crippen LogP contribution in [0.1, 0.15) is 43.9 Å². The van der Waals surface area contributed by atoms with Gasteiger partial charge in [0.15, 0.2) is 0 Å². The van der Waals surface area contributed by atoms with Gasteiger partial charge in [-0.1, -0.05) is 35.9 Å². The third kappa shape index (κ3) is 5.19. The molecule has 2 amide bonds. The quantitative estimate of drug-likeness (QED) is 0.432. The van der Waals surface area contributed by atoms with E-state index in [2.05, 4.69) is 5.32 Å². The Hall–Kier alpha value is -3.12. The highest BCUT2D eigenvalue weighted by molar-refractivity contribution is 6.36. The molecule has 0 aliphatic carbocycles. The predicted octanol–water partition coefficient (Wildman–Crippen LogP) is 4.71. The van der Waals surface area contributed by atoms with Crippen molar-refractivity contribution in [3.8, 4) is 5.75 Å². The smallest absolute Gasteiger partial charge is 0.278 e. The first kappa shape index (κ1) is 23.5. The zero-order valence-corrected chi connectivity index (χ0v) is 19.5. The number of anilines is 1. The van der Waals surface area contributed by atoms with Gasteiger partial charge < -0.3 is 14.8 Å².